The molecule has 0 fully saturated rings. The zero-order valence-corrected chi connectivity index (χ0v) is 7.32. The lowest BCUT2D eigenvalue weighted by Crippen LogP contribution is -1.84. The molecule has 2 N–H and O–H groups in total. The molecule has 0 aliphatic rings. The van der Waals surface area contributed by atoms with Gasteiger partial charge in [-0.1, -0.05) is 17.3 Å². The van der Waals surface area contributed by atoms with Gasteiger partial charge < -0.3 is 10.3 Å². The SMILES string of the molecule is Cc1conc1-c1ccc(N)cc1. The highest BCUT2D eigenvalue weighted by Crippen LogP contribution is 2.21. The van der Waals surface area contributed by atoms with Gasteiger partial charge in [-0.25, -0.2) is 0 Å². The maximum Gasteiger partial charge on any atom is 0.127 e. The summed E-state index contributed by atoms with van der Waals surface area (Å²) in [6.07, 6.45) is 1.63. The highest BCUT2D eigenvalue weighted by molar-refractivity contribution is 5.63. The summed E-state index contributed by atoms with van der Waals surface area (Å²) in [5.74, 6) is 0. The highest BCUT2D eigenvalue weighted by Gasteiger charge is 2.04. The smallest absolute Gasteiger partial charge is 0.127 e. The molecular weight excluding hydrogens is 164 g/mol. The first-order valence-corrected chi connectivity index (χ1v) is 4.04. The second-order valence-electron chi connectivity index (χ2n) is 2.97. The third kappa shape index (κ3) is 1.40. The molecule has 3 nitrogen and oxygen atoms in total. The van der Waals surface area contributed by atoms with E-state index in [2.05, 4.69) is 5.16 Å². The number of hydrogen-bond donors (Lipinski definition) is 1. The van der Waals surface area contributed by atoms with Gasteiger partial charge in [0, 0.05) is 16.8 Å². The van der Waals surface area contributed by atoms with Crippen molar-refractivity contribution in [3.05, 3.63) is 36.1 Å². The molecule has 13 heavy (non-hydrogen) atoms. The van der Waals surface area contributed by atoms with Crippen LogP contribution in [0.25, 0.3) is 11.3 Å². The standard InChI is InChI=1S/C10H10N2O/c1-7-6-13-12-10(7)8-2-4-9(11)5-3-8/h2-6H,11H2,1H3. The summed E-state index contributed by atoms with van der Waals surface area (Å²) >= 11 is 0. The van der Waals surface area contributed by atoms with Crippen molar-refractivity contribution in [3.8, 4) is 11.3 Å². The van der Waals surface area contributed by atoms with Crippen molar-refractivity contribution in [3.63, 3.8) is 0 Å². The number of aryl methyl sites for hydroxylation is 1. The molecule has 0 saturated heterocycles. The molecule has 1 aromatic carbocycles. The van der Waals surface area contributed by atoms with Crippen LogP contribution in [0.4, 0.5) is 5.69 Å². The van der Waals surface area contributed by atoms with Crippen LogP contribution in [0.2, 0.25) is 0 Å². The van der Waals surface area contributed by atoms with E-state index in [4.69, 9.17) is 10.3 Å². The monoisotopic (exact) mass is 174 g/mol. The zero-order chi connectivity index (χ0) is 9.26. The third-order valence-electron chi connectivity index (χ3n) is 1.93. The van der Waals surface area contributed by atoms with E-state index in [1.807, 2.05) is 31.2 Å². The number of aromatic nitrogens is 1. The molecule has 1 heterocycles. The largest absolute Gasteiger partial charge is 0.399 e. The summed E-state index contributed by atoms with van der Waals surface area (Å²) in [7, 11) is 0. The van der Waals surface area contributed by atoms with Crippen molar-refractivity contribution in [1.29, 1.82) is 0 Å². The second-order valence-corrected chi connectivity index (χ2v) is 2.97. The van der Waals surface area contributed by atoms with Crippen LogP contribution in [-0.2, 0) is 0 Å². The van der Waals surface area contributed by atoms with Gasteiger partial charge in [-0.2, -0.15) is 0 Å². The fourth-order valence-corrected chi connectivity index (χ4v) is 1.21. The molecule has 0 radical (unpaired) electrons. The van der Waals surface area contributed by atoms with Crippen LogP contribution in [0, 0.1) is 6.92 Å². The summed E-state index contributed by atoms with van der Waals surface area (Å²) in [5, 5.41) is 3.90. The Kier molecular flexibility index (Phi) is 1.77. The van der Waals surface area contributed by atoms with E-state index in [0.29, 0.717) is 0 Å². The van der Waals surface area contributed by atoms with Crippen LogP contribution in [-0.4, -0.2) is 5.16 Å². The summed E-state index contributed by atoms with van der Waals surface area (Å²) in [4.78, 5) is 0. The minimum Gasteiger partial charge on any atom is -0.399 e. The molecule has 2 rings (SSSR count). The molecule has 0 spiro atoms. The van der Waals surface area contributed by atoms with Crippen molar-refractivity contribution in [1.82, 2.24) is 5.16 Å². The molecule has 0 atom stereocenters. The number of benzene rings is 1. The van der Waals surface area contributed by atoms with Crippen LogP contribution in [0.3, 0.4) is 0 Å². The number of nitrogens with zero attached hydrogens (tertiary/aromatic N) is 1. The van der Waals surface area contributed by atoms with Gasteiger partial charge in [0.1, 0.15) is 12.0 Å². The Bertz CT molecular complexity index is 403. The molecule has 0 unspecified atom stereocenters. The van der Waals surface area contributed by atoms with Gasteiger partial charge in [0.2, 0.25) is 0 Å². The first kappa shape index (κ1) is 7.86. The Morgan fingerprint density at radius 3 is 2.46 bits per heavy atom. The van der Waals surface area contributed by atoms with Crippen LogP contribution >= 0.6 is 0 Å². The molecule has 0 aliphatic heterocycles. The van der Waals surface area contributed by atoms with Gasteiger partial charge in [0.05, 0.1) is 0 Å². The van der Waals surface area contributed by atoms with Crippen molar-refractivity contribution in [2.75, 3.05) is 5.73 Å². The number of nitrogens with two attached hydrogens (primary N) is 1. The van der Waals surface area contributed by atoms with E-state index in [0.717, 1.165) is 22.5 Å². The molecule has 1 aromatic heterocycles. The first-order chi connectivity index (χ1) is 6.27. The maximum absolute atomic E-state index is 5.57. The first-order valence-electron chi connectivity index (χ1n) is 4.04. The quantitative estimate of drug-likeness (QED) is 0.674. The molecule has 0 bridgehead atoms. The lowest BCUT2D eigenvalue weighted by molar-refractivity contribution is 0.421. The van der Waals surface area contributed by atoms with Crippen LogP contribution in [0.5, 0.6) is 0 Å². The lowest BCUT2D eigenvalue weighted by atomic mass is 10.1. The molecular formula is C10H10N2O. The van der Waals surface area contributed by atoms with E-state index < -0.39 is 0 Å². The fourth-order valence-electron chi connectivity index (χ4n) is 1.21. The van der Waals surface area contributed by atoms with Crippen molar-refractivity contribution >= 4 is 5.69 Å². The van der Waals surface area contributed by atoms with Crippen molar-refractivity contribution in [2.24, 2.45) is 0 Å². The van der Waals surface area contributed by atoms with E-state index in [-0.39, 0.29) is 0 Å². The minimum absolute atomic E-state index is 0.755. The summed E-state index contributed by atoms with van der Waals surface area (Å²) in [6, 6.07) is 7.56. The van der Waals surface area contributed by atoms with Gasteiger partial charge in [-0.15, -0.1) is 0 Å². The van der Waals surface area contributed by atoms with Gasteiger partial charge in [0.25, 0.3) is 0 Å². The molecule has 66 valence electrons. The van der Waals surface area contributed by atoms with E-state index in [1.165, 1.54) is 0 Å². The average molecular weight is 174 g/mol. The number of hydrogen-bond acceptors (Lipinski definition) is 3. The molecule has 2 aromatic rings. The number of nitrogen functional groups attached to an aromatic ring is 1. The molecule has 0 aliphatic carbocycles. The summed E-state index contributed by atoms with van der Waals surface area (Å²) in [6.45, 7) is 1.96. The average Bonchev–Trinajstić information content (AvgIpc) is 2.53. The predicted molar refractivity (Wildman–Crippen MR) is 51.1 cm³/mol. The normalized spacial score (nSPS) is 10.2. The Morgan fingerprint density at radius 2 is 1.92 bits per heavy atom. The van der Waals surface area contributed by atoms with Crippen LogP contribution in [0.15, 0.2) is 35.1 Å². The maximum atomic E-state index is 5.57. The molecule has 3 heteroatoms. The van der Waals surface area contributed by atoms with Crippen molar-refractivity contribution in [2.45, 2.75) is 6.92 Å². The highest BCUT2D eigenvalue weighted by atomic mass is 16.5. The fraction of sp³-hybridized carbons (Fsp3) is 0.100. The Labute approximate surface area is 76.2 Å². The zero-order valence-electron chi connectivity index (χ0n) is 7.32. The van der Waals surface area contributed by atoms with Gasteiger partial charge in [-0.05, 0) is 19.1 Å². The minimum atomic E-state index is 0.755. The Morgan fingerprint density at radius 1 is 1.23 bits per heavy atom. The van der Waals surface area contributed by atoms with Gasteiger partial charge in [-0.3, -0.25) is 0 Å². The van der Waals surface area contributed by atoms with Gasteiger partial charge >= 0.3 is 0 Å². The third-order valence-corrected chi connectivity index (χ3v) is 1.93. The number of anilines is 1. The molecule has 0 saturated carbocycles. The molecule has 0 amide bonds. The summed E-state index contributed by atoms with van der Waals surface area (Å²) in [5.41, 5.74) is 9.26. The van der Waals surface area contributed by atoms with Gasteiger partial charge in [0.15, 0.2) is 0 Å². The Hall–Kier alpha value is -1.77. The van der Waals surface area contributed by atoms with E-state index >= 15 is 0 Å². The summed E-state index contributed by atoms with van der Waals surface area (Å²) < 4.78 is 4.85. The van der Waals surface area contributed by atoms with E-state index in [1.54, 1.807) is 6.26 Å². The topological polar surface area (TPSA) is 52.0 Å². The predicted octanol–water partition coefficient (Wildman–Crippen LogP) is 2.23. The lowest BCUT2D eigenvalue weighted by Gasteiger charge is -1.97. The van der Waals surface area contributed by atoms with E-state index in [9.17, 15) is 0 Å². The Balaban J connectivity index is 2.47. The van der Waals surface area contributed by atoms with Crippen LogP contribution < -0.4 is 5.73 Å². The van der Waals surface area contributed by atoms with Crippen molar-refractivity contribution < 1.29 is 4.52 Å². The van der Waals surface area contributed by atoms with Crippen LogP contribution in [0.1, 0.15) is 5.56 Å². The number of rotatable bonds is 1. The second kappa shape index (κ2) is 2.94.